The molecule has 5 heteroatoms. The summed E-state index contributed by atoms with van der Waals surface area (Å²) in [4.78, 5) is 8.56. The highest BCUT2D eigenvalue weighted by atomic mass is 19.1. The second-order valence-electron chi connectivity index (χ2n) is 4.09. The van der Waals surface area contributed by atoms with Crippen molar-refractivity contribution >= 4 is 16.7 Å². The number of nitrogens with two attached hydrogens (primary N) is 1. The quantitative estimate of drug-likeness (QED) is 0.666. The van der Waals surface area contributed by atoms with Crippen molar-refractivity contribution in [3.05, 3.63) is 42.5 Å². The molecule has 2 heterocycles. The number of hydrogen-bond donors (Lipinski definition) is 1. The first kappa shape index (κ1) is 10.7. The lowest BCUT2D eigenvalue weighted by Crippen LogP contribution is -1.97. The van der Waals surface area contributed by atoms with Crippen LogP contribution in [0.25, 0.3) is 22.4 Å². The molecule has 2 N–H and O–H groups in total. The zero-order chi connectivity index (χ0) is 12.7. The monoisotopic (exact) mass is 242 g/mol. The number of hydrogen-bond acceptors (Lipinski definition) is 3. The number of aryl methyl sites for hydroxylation is 1. The molecule has 0 aliphatic rings. The first-order valence-corrected chi connectivity index (χ1v) is 5.48. The van der Waals surface area contributed by atoms with Gasteiger partial charge in [-0.3, -0.25) is 4.98 Å². The van der Waals surface area contributed by atoms with Gasteiger partial charge < -0.3 is 10.3 Å². The number of imidazole rings is 1. The van der Waals surface area contributed by atoms with Gasteiger partial charge in [-0.1, -0.05) is 0 Å². The van der Waals surface area contributed by atoms with Gasteiger partial charge in [-0.25, -0.2) is 9.37 Å². The molecule has 0 bridgehead atoms. The number of anilines is 1. The van der Waals surface area contributed by atoms with Crippen molar-refractivity contribution in [2.24, 2.45) is 7.05 Å². The average Bonchev–Trinajstić information content (AvgIpc) is 2.68. The van der Waals surface area contributed by atoms with Crippen LogP contribution in [0.3, 0.4) is 0 Å². The third-order valence-corrected chi connectivity index (χ3v) is 2.94. The maximum Gasteiger partial charge on any atom is 0.142 e. The van der Waals surface area contributed by atoms with Crippen molar-refractivity contribution in [3.63, 3.8) is 0 Å². The highest BCUT2D eigenvalue weighted by Crippen LogP contribution is 2.28. The molecule has 90 valence electrons. The average molecular weight is 242 g/mol. The molecular weight excluding hydrogens is 231 g/mol. The molecule has 3 rings (SSSR count). The predicted octanol–water partition coefficient (Wildman–Crippen LogP) is 2.36. The molecule has 3 aromatic rings. The molecule has 0 radical (unpaired) electrons. The van der Waals surface area contributed by atoms with Crippen molar-refractivity contribution in [3.8, 4) is 11.4 Å². The fourth-order valence-electron chi connectivity index (χ4n) is 2.01. The smallest absolute Gasteiger partial charge is 0.142 e. The van der Waals surface area contributed by atoms with Gasteiger partial charge in [0.1, 0.15) is 11.6 Å². The third-order valence-electron chi connectivity index (χ3n) is 2.94. The van der Waals surface area contributed by atoms with E-state index in [0.717, 1.165) is 16.6 Å². The summed E-state index contributed by atoms with van der Waals surface area (Å²) in [5, 5.41) is 0. The standard InChI is InChI=1S/C13H11FN4/c1-18-12-7-16-5-4-11(12)17-13(18)9-3-2-8(14)6-10(9)15/h2-7H,15H2,1H3. The summed E-state index contributed by atoms with van der Waals surface area (Å²) < 4.78 is 14.9. The molecule has 0 amide bonds. The van der Waals surface area contributed by atoms with E-state index in [4.69, 9.17) is 5.73 Å². The van der Waals surface area contributed by atoms with Crippen LogP contribution in [0, 0.1) is 5.82 Å². The van der Waals surface area contributed by atoms with E-state index in [1.807, 2.05) is 17.7 Å². The van der Waals surface area contributed by atoms with E-state index >= 15 is 0 Å². The minimum Gasteiger partial charge on any atom is -0.398 e. The van der Waals surface area contributed by atoms with Gasteiger partial charge in [0.05, 0.1) is 17.2 Å². The van der Waals surface area contributed by atoms with E-state index in [2.05, 4.69) is 9.97 Å². The highest BCUT2D eigenvalue weighted by molar-refractivity contribution is 5.82. The maximum atomic E-state index is 13.1. The molecule has 0 spiro atoms. The first-order chi connectivity index (χ1) is 8.66. The van der Waals surface area contributed by atoms with E-state index < -0.39 is 0 Å². The van der Waals surface area contributed by atoms with E-state index in [9.17, 15) is 4.39 Å². The van der Waals surface area contributed by atoms with Crippen LogP contribution in [0.2, 0.25) is 0 Å². The Morgan fingerprint density at radius 1 is 1.28 bits per heavy atom. The van der Waals surface area contributed by atoms with Crippen LogP contribution in [0.15, 0.2) is 36.7 Å². The van der Waals surface area contributed by atoms with Crippen LogP contribution in [-0.4, -0.2) is 14.5 Å². The molecule has 0 aliphatic carbocycles. The first-order valence-electron chi connectivity index (χ1n) is 5.48. The lowest BCUT2D eigenvalue weighted by molar-refractivity contribution is 0.628. The Bertz CT molecular complexity index is 733. The fraction of sp³-hybridized carbons (Fsp3) is 0.0769. The fourth-order valence-corrected chi connectivity index (χ4v) is 2.01. The van der Waals surface area contributed by atoms with Gasteiger partial charge in [-0.15, -0.1) is 0 Å². The van der Waals surface area contributed by atoms with E-state index in [1.54, 1.807) is 18.5 Å². The lowest BCUT2D eigenvalue weighted by Gasteiger charge is -2.05. The summed E-state index contributed by atoms with van der Waals surface area (Å²) >= 11 is 0. The van der Waals surface area contributed by atoms with Gasteiger partial charge in [-0.2, -0.15) is 0 Å². The molecule has 0 atom stereocenters. The van der Waals surface area contributed by atoms with Crippen LogP contribution < -0.4 is 5.73 Å². The van der Waals surface area contributed by atoms with Gasteiger partial charge >= 0.3 is 0 Å². The Labute approximate surface area is 103 Å². The van der Waals surface area contributed by atoms with Crippen LogP contribution in [0.4, 0.5) is 10.1 Å². The van der Waals surface area contributed by atoms with Gasteiger partial charge in [-0.05, 0) is 24.3 Å². The largest absolute Gasteiger partial charge is 0.398 e. The molecule has 4 nitrogen and oxygen atoms in total. The van der Waals surface area contributed by atoms with E-state index in [-0.39, 0.29) is 5.82 Å². The van der Waals surface area contributed by atoms with Crippen LogP contribution in [0.5, 0.6) is 0 Å². The number of pyridine rings is 1. The molecule has 0 aliphatic heterocycles. The molecule has 0 fully saturated rings. The number of rotatable bonds is 1. The van der Waals surface area contributed by atoms with Crippen molar-refractivity contribution in [2.75, 3.05) is 5.73 Å². The molecule has 1 aromatic carbocycles. The van der Waals surface area contributed by atoms with Crippen molar-refractivity contribution < 1.29 is 4.39 Å². The molecule has 2 aromatic heterocycles. The molecule has 0 unspecified atom stereocenters. The Morgan fingerprint density at radius 2 is 2.11 bits per heavy atom. The van der Waals surface area contributed by atoms with Crippen molar-refractivity contribution in [1.29, 1.82) is 0 Å². The molecule has 18 heavy (non-hydrogen) atoms. The van der Waals surface area contributed by atoms with Crippen LogP contribution in [0.1, 0.15) is 0 Å². The lowest BCUT2D eigenvalue weighted by atomic mass is 10.1. The molecule has 0 saturated heterocycles. The Hall–Kier alpha value is -2.43. The topological polar surface area (TPSA) is 56.7 Å². The highest BCUT2D eigenvalue weighted by Gasteiger charge is 2.12. The summed E-state index contributed by atoms with van der Waals surface area (Å²) in [5.74, 6) is 0.354. The van der Waals surface area contributed by atoms with Gasteiger partial charge in [0.25, 0.3) is 0 Å². The number of halogens is 1. The predicted molar refractivity (Wildman–Crippen MR) is 68.3 cm³/mol. The van der Waals surface area contributed by atoms with Gasteiger partial charge in [0.15, 0.2) is 0 Å². The number of nitrogen functional groups attached to an aromatic ring is 1. The van der Waals surface area contributed by atoms with Crippen LogP contribution in [-0.2, 0) is 7.05 Å². The molecular formula is C13H11FN4. The normalized spacial score (nSPS) is 11.0. The second-order valence-corrected chi connectivity index (χ2v) is 4.09. The Balaban J connectivity index is 2.28. The number of nitrogens with zero attached hydrogens (tertiary/aromatic N) is 3. The summed E-state index contributed by atoms with van der Waals surface area (Å²) in [6.45, 7) is 0. The maximum absolute atomic E-state index is 13.1. The summed E-state index contributed by atoms with van der Waals surface area (Å²) in [5.41, 5.74) is 8.68. The van der Waals surface area contributed by atoms with Gasteiger partial charge in [0.2, 0.25) is 0 Å². The number of benzene rings is 1. The van der Waals surface area contributed by atoms with E-state index in [0.29, 0.717) is 11.5 Å². The van der Waals surface area contributed by atoms with Gasteiger partial charge in [0, 0.05) is 24.5 Å². The Morgan fingerprint density at radius 3 is 2.83 bits per heavy atom. The zero-order valence-corrected chi connectivity index (χ0v) is 9.76. The van der Waals surface area contributed by atoms with Crippen molar-refractivity contribution in [1.82, 2.24) is 14.5 Å². The summed E-state index contributed by atoms with van der Waals surface area (Å²) in [6, 6.07) is 6.15. The molecule has 0 saturated carbocycles. The Kier molecular flexibility index (Phi) is 2.26. The third kappa shape index (κ3) is 1.52. The minimum absolute atomic E-state index is 0.350. The van der Waals surface area contributed by atoms with Crippen LogP contribution >= 0.6 is 0 Å². The summed E-state index contributed by atoms with van der Waals surface area (Å²) in [6.07, 6.45) is 3.43. The summed E-state index contributed by atoms with van der Waals surface area (Å²) in [7, 11) is 1.88. The van der Waals surface area contributed by atoms with E-state index in [1.165, 1.54) is 12.1 Å². The van der Waals surface area contributed by atoms with Crippen molar-refractivity contribution in [2.45, 2.75) is 0 Å². The SMILES string of the molecule is Cn1c(-c2ccc(F)cc2N)nc2ccncc21. The zero-order valence-electron chi connectivity index (χ0n) is 9.76. The second kappa shape index (κ2) is 3.80. The number of aromatic nitrogens is 3. The minimum atomic E-state index is -0.350. The number of fused-ring (bicyclic) bond motifs is 1.